The first-order valence-corrected chi connectivity index (χ1v) is 8.64. The van der Waals surface area contributed by atoms with E-state index in [2.05, 4.69) is 58.1 Å². The molecule has 0 atom stereocenters. The van der Waals surface area contributed by atoms with Gasteiger partial charge in [-0.05, 0) is 69.5 Å². The van der Waals surface area contributed by atoms with Crippen molar-refractivity contribution in [2.75, 3.05) is 5.32 Å². The number of aryl methyl sites for hydroxylation is 1. The first-order valence-electron chi connectivity index (χ1n) is 6.26. The monoisotopic (exact) mass is 472 g/mol. The van der Waals surface area contributed by atoms with Crippen molar-refractivity contribution in [3.8, 4) is 0 Å². The Morgan fingerprint density at radius 3 is 2.43 bits per heavy atom. The van der Waals surface area contributed by atoms with Crippen LogP contribution in [0.25, 0.3) is 11.6 Å². The van der Waals surface area contributed by atoms with E-state index in [1.807, 2.05) is 32.1 Å². The Balaban J connectivity index is 2.21. The fraction of sp³-hybridized carbons (Fsp3) is 0.133. The summed E-state index contributed by atoms with van der Waals surface area (Å²) in [6, 6.07) is 3.86. The lowest BCUT2D eigenvalue weighted by molar-refractivity contribution is -0.110. The van der Waals surface area contributed by atoms with Crippen molar-refractivity contribution in [2.45, 2.75) is 13.8 Å². The molecule has 0 saturated heterocycles. The van der Waals surface area contributed by atoms with Crippen LogP contribution in [0.2, 0.25) is 0 Å². The van der Waals surface area contributed by atoms with Gasteiger partial charge in [-0.3, -0.25) is 4.79 Å². The van der Waals surface area contributed by atoms with E-state index in [4.69, 9.17) is 0 Å². The third kappa shape index (κ3) is 2.43. The number of hydrogen-bond donors (Lipinski definition) is 2. The number of amides is 1. The molecule has 3 nitrogen and oxygen atoms in total. The van der Waals surface area contributed by atoms with E-state index >= 15 is 0 Å². The fourth-order valence-corrected chi connectivity index (χ4v) is 3.57. The number of halogens is 3. The molecule has 1 aliphatic heterocycles. The van der Waals surface area contributed by atoms with Crippen LogP contribution in [0.1, 0.15) is 22.5 Å². The van der Waals surface area contributed by atoms with Gasteiger partial charge in [-0.15, -0.1) is 0 Å². The molecule has 3 rings (SSSR count). The van der Waals surface area contributed by atoms with Gasteiger partial charge < -0.3 is 10.3 Å². The lowest BCUT2D eigenvalue weighted by Crippen LogP contribution is -2.03. The molecule has 0 bridgehead atoms. The summed E-state index contributed by atoms with van der Waals surface area (Å²) in [5.74, 6) is -0.0820. The van der Waals surface area contributed by atoms with E-state index in [9.17, 15) is 4.79 Å². The lowest BCUT2D eigenvalue weighted by atomic mass is 10.0. The summed E-state index contributed by atoms with van der Waals surface area (Å²) in [7, 11) is 0. The first-order chi connectivity index (χ1) is 9.90. The molecule has 1 aromatic carbocycles. The first kappa shape index (κ1) is 15.1. The number of benzene rings is 1. The molecule has 0 saturated carbocycles. The van der Waals surface area contributed by atoms with Crippen LogP contribution in [0.4, 0.5) is 5.69 Å². The minimum Gasteiger partial charge on any atom is -0.357 e. The van der Waals surface area contributed by atoms with Crippen LogP contribution in [-0.4, -0.2) is 10.9 Å². The maximum atomic E-state index is 12.3. The van der Waals surface area contributed by atoms with Crippen molar-refractivity contribution in [3.63, 3.8) is 0 Å². The third-order valence-corrected chi connectivity index (χ3v) is 6.74. The smallest absolute Gasteiger partial charge is 0.256 e. The van der Waals surface area contributed by atoms with Crippen molar-refractivity contribution in [3.05, 3.63) is 48.1 Å². The lowest BCUT2D eigenvalue weighted by Gasteiger charge is -2.05. The van der Waals surface area contributed by atoms with E-state index in [0.717, 1.165) is 41.6 Å². The molecule has 1 aromatic heterocycles. The van der Waals surface area contributed by atoms with Gasteiger partial charge in [-0.2, -0.15) is 0 Å². The molecule has 0 aliphatic carbocycles. The van der Waals surface area contributed by atoms with Crippen molar-refractivity contribution in [1.82, 2.24) is 4.98 Å². The van der Waals surface area contributed by atoms with E-state index in [1.54, 1.807) is 0 Å². The zero-order valence-electron chi connectivity index (χ0n) is 11.3. The molecular formula is C15H11Br3N2O. The summed E-state index contributed by atoms with van der Waals surface area (Å²) < 4.78 is 2.88. The summed E-state index contributed by atoms with van der Waals surface area (Å²) in [5.41, 5.74) is 5.40. The molecule has 2 N–H and O–H groups in total. The van der Waals surface area contributed by atoms with E-state index < -0.39 is 0 Å². The number of H-pyrrole nitrogens is 1. The third-order valence-electron chi connectivity index (χ3n) is 3.53. The Hall–Kier alpha value is -0.850. The molecule has 0 unspecified atom stereocenters. The number of hydrogen-bond acceptors (Lipinski definition) is 1. The molecule has 1 amide bonds. The van der Waals surface area contributed by atoms with Gasteiger partial charge in [0.1, 0.15) is 0 Å². The van der Waals surface area contributed by atoms with Crippen LogP contribution in [0.5, 0.6) is 0 Å². The van der Waals surface area contributed by atoms with Crippen LogP contribution in [0.15, 0.2) is 25.6 Å². The van der Waals surface area contributed by atoms with Crippen molar-refractivity contribution in [1.29, 1.82) is 0 Å². The van der Waals surface area contributed by atoms with Gasteiger partial charge in [0.2, 0.25) is 0 Å². The molecule has 0 fully saturated rings. The number of aromatic nitrogens is 1. The molecule has 2 aromatic rings. The molecule has 6 heteroatoms. The largest absolute Gasteiger partial charge is 0.357 e. The van der Waals surface area contributed by atoms with Gasteiger partial charge in [0, 0.05) is 21.4 Å². The van der Waals surface area contributed by atoms with Gasteiger partial charge in [0.15, 0.2) is 0 Å². The Labute approximate surface area is 147 Å². The van der Waals surface area contributed by atoms with Gasteiger partial charge >= 0.3 is 0 Å². The van der Waals surface area contributed by atoms with Gasteiger partial charge in [0.05, 0.1) is 20.2 Å². The Kier molecular flexibility index (Phi) is 3.88. The van der Waals surface area contributed by atoms with Crippen LogP contribution in [0.3, 0.4) is 0 Å². The Morgan fingerprint density at radius 2 is 1.81 bits per heavy atom. The van der Waals surface area contributed by atoms with Gasteiger partial charge in [0.25, 0.3) is 5.91 Å². The van der Waals surface area contributed by atoms with Crippen LogP contribution < -0.4 is 5.32 Å². The zero-order valence-corrected chi connectivity index (χ0v) is 16.0. The standard InChI is InChI=1S/C15H11Br3N2O/c1-6-9(16)3-4-10-12(6)8(15(21)20-10)5-11-14(18)13(17)7(2)19-11/h3-5,19H,1-2H3,(H,20,21). The number of fused-ring (bicyclic) bond motifs is 1. The normalized spacial score (nSPS) is 15.5. The summed E-state index contributed by atoms with van der Waals surface area (Å²) in [6.45, 7) is 3.98. The second-order valence-electron chi connectivity index (χ2n) is 4.90. The highest BCUT2D eigenvalue weighted by atomic mass is 79.9. The predicted molar refractivity (Wildman–Crippen MR) is 96.3 cm³/mol. The molecule has 1 aliphatic rings. The average Bonchev–Trinajstić information content (AvgIpc) is 2.88. The minimum absolute atomic E-state index is 0.0820. The second-order valence-corrected chi connectivity index (χ2v) is 7.34. The number of aromatic amines is 1. The van der Waals surface area contributed by atoms with Gasteiger partial charge in [-0.1, -0.05) is 15.9 Å². The molecule has 0 spiro atoms. The predicted octanol–water partition coefficient (Wildman–Crippen LogP) is 5.41. The summed E-state index contributed by atoms with van der Waals surface area (Å²) in [5, 5.41) is 2.91. The SMILES string of the molecule is Cc1[nH]c(C=C2C(=O)Nc3ccc(Br)c(C)c32)c(Br)c1Br. The van der Waals surface area contributed by atoms with E-state index in [0.29, 0.717) is 5.57 Å². The molecule has 21 heavy (non-hydrogen) atoms. The highest BCUT2D eigenvalue weighted by Crippen LogP contribution is 2.40. The number of anilines is 1. The second kappa shape index (κ2) is 5.41. The molecule has 0 radical (unpaired) electrons. The number of carbonyl (C=O) groups is 1. The summed E-state index contributed by atoms with van der Waals surface area (Å²) >= 11 is 10.6. The Morgan fingerprint density at radius 1 is 1.10 bits per heavy atom. The van der Waals surface area contributed by atoms with E-state index in [1.165, 1.54) is 0 Å². The average molecular weight is 475 g/mol. The van der Waals surface area contributed by atoms with E-state index in [-0.39, 0.29) is 5.91 Å². The fourth-order valence-electron chi connectivity index (χ4n) is 2.42. The molecule has 108 valence electrons. The zero-order chi connectivity index (χ0) is 15.3. The van der Waals surface area contributed by atoms with Crippen molar-refractivity contribution < 1.29 is 4.79 Å². The molecular weight excluding hydrogens is 464 g/mol. The maximum Gasteiger partial charge on any atom is 0.256 e. The minimum atomic E-state index is -0.0820. The summed E-state index contributed by atoms with van der Waals surface area (Å²) in [4.78, 5) is 15.5. The van der Waals surface area contributed by atoms with Gasteiger partial charge in [-0.25, -0.2) is 0 Å². The van der Waals surface area contributed by atoms with Crippen LogP contribution >= 0.6 is 47.8 Å². The molecule has 2 heterocycles. The Bertz CT molecular complexity index is 806. The van der Waals surface area contributed by atoms with Crippen LogP contribution in [-0.2, 0) is 4.79 Å². The number of carbonyl (C=O) groups excluding carboxylic acids is 1. The topological polar surface area (TPSA) is 44.9 Å². The highest BCUT2D eigenvalue weighted by Gasteiger charge is 2.27. The number of rotatable bonds is 1. The number of nitrogens with one attached hydrogen (secondary N) is 2. The van der Waals surface area contributed by atoms with Crippen molar-refractivity contribution in [2.24, 2.45) is 0 Å². The maximum absolute atomic E-state index is 12.3. The summed E-state index contributed by atoms with van der Waals surface area (Å²) in [6.07, 6.45) is 1.88. The quantitative estimate of drug-likeness (QED) is 0.533. The highest BCUT2D eigenvalue weighted by molar-refractivity contribution is 9.13. The van der Waals surface area contributed by atoms with Crippen LogP contribution in [0, 0.1) is 13.8 Å². The van der Waals surface area contributed by atoms with Crippen molar-refractivity contribution >= 4 is 71.0 Å².